The maximum atomic E-state index is 9.31. The predicted octanol–water partition coefficient (Wildman–Crippen LogP) is 3.14. The molecule has 0 spiro atoms. The molecule has 0 radical (unpaired) electrons. The van der Waals surface area contributed by atoms with E-state index in [1.54, 1.807) is 6.92 Å². The molecule has 1 aromatic carbocycles. The second kappa shape index (κ2) is 7.52. The third-order valence-corrected chi connectivity index (χ3v) is 2.84. The van der Waals surface area contributed by atoms with Crippen LogP contribution in [0.4, 0.5) is 0 Å². The van der Waals surface area contributed by atoms with E-state index in [9.17, 15) is 5.11 Å². The fourth-order valence-electron chi connectivity index (χ4n) is 1.40. The fraction of sp³-hybridized carbons (Fsp3) is 0.600. The van der Waals surface area contributed by atoms with Crippen LogP contribution < -0.4 is 0 Å². The lowest BCUT2D eigenvalue weighted by atomic mass is 10.1. The van der Waals surface area contributed by atoms with Gasteiger partial charge >= 0.3 is 0 Å². The standard InChI is InChI=1S/C15H24O3/c1-11(2)13(4)18-15(17-10-12(3)16)14-8-6-5-7-9-14/h5-9,11-13,15-16H,10H2,1-4H3. The highest BCUT2D eigenvalue weighted by Crippen LogP contribution is 2.23. The first-order valence-electron chi connectivity index (χ1n) is 6.50. The second-order valence-corrected chi connectivity index (χ2v) is 5.01. The summed E-state index contributed by atoms with van der Waals surface area (Å²) >= 11 is 0. The van der Waals surface area contributed by atoms with Crippen LogP contribution in [-0.4, -0.2) is 23.9 Å². The minimum absolute atomic E-state index is 0.101. The number of benzene rings is 1. The lowest BCUT2D eigenvalue weighted by Gasteiger charge is -2.25. The second-order valence-electron chi connectivity index (χ2n) is 5.01. The molecule has 3 unspecified atom stereocenters. The third-order valence-electron chi connectivity index (χ3n) is 2.84. The Bertz CT molecular complexity index is 322. The van der Waals surface area contributed by atoms with E-state index in [0.29, 0.717) is 5.92 Å². The zero-order chi connectivity index (χ0) is 13.5. The Kier molecular flexibility index (Phi) is 6.33. The van der Waals surface area contributed by atoms with Gasteiger partial charge in [0.2, 0.25) is 0 Å². The molecule has 0 bridgehead atoms. The van der Waals surface area contributed by atoms with Gasteiger partial charge < -0.3 is 14.6 Å². The van der Waals surface area contributed by atoms with Crippen molar-refractivity contribution in [1.29, 1.82) is 0 Å². The summed E-state index contributed by atoms with van der Waals surface area (Å²) < 4.78 is 11.6. The molecule has 0 aliphatic rings. The molecule has 3 nitrogen and oxygen atoms in total. The number of hydrogen-bond acceptors (Lipinski definition) is 3. The van der Waals surface area contributed by atoms with Gasteiger partial charge in [0.25, 0.3) is 0 Å². The minimum atomic E-state index is -0.492. The van der Waals surface area contributed by atoms with E-state index in [1.807, 2.05) is 37.3 Å². The molecule has 3 heteroatoms. The quantitative estimate of drug-likeness (QED) is 0.758. The fourth-order valence-corrected chi connectivity index (χ4v) is 1.40. The molecule has 102 valence electrons. The number of aliphatic hydroxyl groups is 1. The molecular weight excluding hydrogens is 228 g/mol. The summed E-state index contributed by atoms with van der Waals surface area (Å²) in [4.78, 5) is 0. The van der Waals surface area contributed by atoms with Crippen LogP contribution in [0, 0.1) is 5.92 Å². The van der Waals surface area contributed by atoms with E-state index in [4.69, 9.17) is 9.47 Å². The van der Waals surface area contributed by atoms with Gasteiger partial charge in [-0.1, -0.05) is 44.2 Å². The lowest BCUT2D eigenvalue weighted by molar-refractivity contribution is -0.190. The van der Waals surface area contributed by atoms with Crippen LogP contribution in [0.1, 0.15) is 39.5 Å². The molecule has 0 saturated heterocycles. The Hall–Kier alpha value is -0.900. The summed E-state index contributed by atoms with van der Waals surface area (Å²) in [6.07, 6.45) is -0.809. The zero-order valence-electron chi connectivity index (χ0n) is 11.7. The molecule has 1 rings (SSSR count). The Morgan fingerprint density at radius 3 is 2.17 bits per heavy atom. The van der Waals surface area contributed by atoms with Gasteiger partial charge in [0, 0.05) is 5.56 Å². The van der Waals surface area contributed by atoms with E-state index >= 15 is 0 Å². The smallest absolute Gasteiger partial charge is 0.184 e. The summed E-state index contributed by atoms with van der Waals surface area (Å²) in [5.74, 6) is 0.423. The van der Waals surface area contributed by atoms with Gasteiger partial charge in [-0.05, 0) is 19.8 Å². The van der Waals surface area contributed by atoms with Crippen LogP contribution >= 0.6 is 0 Å². The molecule has 0 amide bonds. The van der Waals surface area contributed by atoms with Crippen LogP contribution in [-0.2, 0) is 9.47 Å². The van der Waals surface area contributed by atoms with Gasteiger partial charge in [0.05, 0.1) is 18.8 Å². The van der Waals surface area contributed by atoms with Gasteiger partial charge in [-0.15, -0.1) is 0 Å². The summed E-state index contributed by atoms with van der Waals surface area (Å²) in [6, 6.07) is 9.82. The molecule has 18 heavy (non-hydrogen) atoms. The maximum Gasteiger partial charge on any atom is 0.184 e. The Morgan fingerprint density at radius 2 is 1.67 bits per heavy atom. The topological polar surface area (TPSA) is 38.7 Å². The molecule has 0 saturated carbocycles. The largest absolute Gasteiger partial charge is 0.391 e. The van der Waals surface area contributed by atoms with E-state index in [-0.39, 0.29) is 12.7 Å². The highest BCUT2D eigenvalue weighted by molar-refractivity contribution is 5.16. The molecular formula is C15H24O3. The van der Waals surface area contributed by atoms with Gasteiger partial charge in [0.1, 0.15) is 0 Å². The van der Waals surface area contributed by atoms with Crippen LogP contribution in [0.5, 0.6) is 0 Å². The van der Waals surface area contributed by atoms with Crippen molar-refractivity contribution < 1.29 is 14.6 Å². The average molecular weight is 252 g/mol. The Balaban J connectivity index is 2.69. The van der Waals surface area contributed by atoms with Crippen LogP contribution in [0.2, 0.25) is 0 Å². The van der Waals surface area contributed by atoms with Crippen LogP contribution in [0.3, 0.4) is 0 Å². The first-order chi connectivity index (χ1) is 8.50. The van der Waals surface area contributed by atoms with Gasteiger partial charge in [-0.25, -0.2) is 0 Å². The molecule has 0 aliphatic heterocycles. The summed E-state index contributed by atoms with van der Waals surface area (Å²) in [6.45, 7) is 8.23. The Labute approximate surface area is 110 Å². The number of hydrogen-bond donors (Lipinski definition) is 1. The van der Waals surface area contributed by atoms with Crippen LogP contribution in [0.25, 0.3) is 0 Å². The van der Waals surface area contributed by atoms with Crippen molar-refractivity contribution in [2.45, 2.75) is 46.2 Å². The molecule has 0 heterocycles. The highest BCUT2D eigenvalue weighted by atomic mass is 16.7. The average Bonchev–Trinajstić information content (AvgIpc) is 2.34. The first-order valence-corrected chi connectivity index (χ1v) is 6.50. The molecule has 0 fully saturated rings. The van der Waals surface area contributed by atoms with Crippen molar-refractivity contribution in [1.82, 2.24) is 0 Å². The molecule has 1 N–H and O–H groups in total. The van der Waals surface area contributed by atoms with Crippen molar-refractivity contribution in [3.63, 3.8) is 0 Å². The van der Waals surface area contributed by atoms with E-state index in [2.05, 4.69) is 13.8 Å². The van der Waals surface area contributed by atoms with Gasteiger partial charge in [0.15, 0.2) is 6.29 Å². The number of aliphatic hydroxyl groups excluding tert-OH is 1. The van der Waals surface area contributed by atoms with E-state index in [1.165, 1.54) is 0 Å². The monoisotopic (exact) mass is 252 g/mol. The summed E-state index contributed by atoms with van der Waals surface area (Å²) in [7, 11) is 0. The van der Waals surface area contributed by atoms with Crippen molar-refractivity contribution in [3.8, 4) is 0 Å². The zero-order valence-corrected chi connectivity index (χ0v) is 11.7. The van der Waals surface area contributed by atoms with Gasteiger partial charge in [-0.2, -0.15) is 0 Å². The Morgan fingerprint density at radius 1 is 1.06 bits per heavy atom. The van der Waals surface area contributed by atoms with Crippen molar-refractivity contribution in [3.05, 3.63) is 35.9 Å². The lowest BCUT2D eigenvalue weighted by Crippen LogP contribution is -2.23. The number of ether oxygens (including phenoxy) is 2. The molecule has 3 atom stereocenters. The van der Waals surface area contributed by atoms with Crippen molar-refractivity contribution >= 4 is 0 Å². The van der Waals surface area contributed by atoms with E-state index in [0.717, 1.165) is 5.56 Å². The normalized spacial score (nSPS) is 16.6. The van der Waals surface area contributed by atoms with Crippen molar-refractivity contribution in [2.75, 3.05) is 6.61 Å². The highest BCUT2D eigenvalue weighted by Gasteiger charge is 2.18. The first kappa shape index (κ1) is 15.2. The molecule has 1 aromatic rings. The van der Waals surface area contributed by atoms with Crippen molar-refractivity contribution in [2.24, 2.45) is 5.92 Å². The number of rotatable bonds is 7. The van der Waals surface area contributed by atoms with E-state index < -0.39 is 12.4 Å². The van der Waals surface area contributed by atoms with Gasteiger partial charge in [-0.3, -0.25) is 0 Å². The minimum Gasteiger partial charge on any atom is -0.391 e. The summed E-state index contributed by atoms with van der Waals surface area (Å²) in [5.41, 5.74) is 0.977. The summed E-state index contributed by atoms with van der Waals surface area (Å²) in [5, 5.41) is 9.31. The third kappa shape index (κ3) is 5.17. The SMILES string of the molecule is CC(O)COC(OC(C)C(C)C)c1ccccc1. The molecule has 0 aromatic heterocycles. The maximum absolute atomic E-state index is 9.31. The molecule has 0 aliphatic carbocycles. The van der Waals surface area contributed by atoms with Crippen LogP contribution in [0.15, 0.2) is 30.3 Å². The predicted molar refractivity (Wildman–Crippen MR) is 72.2 cm³/mol.